The summed E-state index contributed by atoms with van der Waals surface area (Å²) in [7, 11) is 0. The first kappa shape index (κ1) is 23.2. The van der Waals surface area contributed by atoms with Gasteiger partial charge in [0.05, 0.1) is 11.7 Å². The number of carboxylic acids is 1. The van der Waals surface area contributed by atoms with Crippen LogP contribution in [0.25, 0.3) is 11.1 Å². The molecule has 168 valence electrons. The topological polar surface area (TPSA) is 118 Å². The molecule has 0 spiro atoms. The Labute approximate surface area is 187 Å². The molecule has 0 saturated carbocycles. The van der Waals surface area contributed by atoms with Gasteiger partial charge in [-0.15, -0.1) is 0 Å². The maximum Gasteiger partial charge on any atom is 0.336 e. The number of benzene rings is 2. The Morgan fingerprint density at radius 3 is 2.38 bits per heavy atom. The van der Waals surface area contributed by atoms with Gasteiger partial charge in [0.1, 0.15) is 17.2 Å². The van der Waals surface area contributed by atoms with Crippen molar-refractivity contribution in [2.24, 2.45) is 5.73 Å². The Balaban J connectivity index is 1.98. The molecule has 0 aliphatic heterocycles. The Hall–Kier alpha value is -3.45. The van der Waals surface area contributed by atoms with Gasteiger partial charge in [-0.05, 0) is 35.6 Å². The van der Waals surface area contributed by atoms with E-state index in [-0.39, 0.29) is 11.3 Å². The molecule has 2 aromatic carbocycles. The number of amides is 1. The molecule has 7 nitrogen and oxygen atoms in total. The number of aromatic nitrogens is 2. The van der Waals surface area contributed by atoms with E-state index in [9.17, 15) is 19.8 Å². The van der Waals surface area contributed by atoms with E-state index < -0.39 is 18.0 Å². The number of rotatable bonds is 10. The summed E-state index contributed by atoms with van der Waals surface area (Å²) >= 11 is 0. The van der Waals surface area contributed by atoms with Crippen LogP contribution in [0.2, 0.25) is 0 Å². The highest BCUT2D eigenvalue weighted by molar-refractivity contribution is 5.96. The number of unbranched alkanes of at least 4 members (excludes halogenated alkanes) is 1. The van der Waals surface area contributed by atoms with E-state index in [0.717, 1.165) is 29.8 Å². The molecule has 7 heteroatoms. The van der Waals surface area contributed by atoms with Gasteiger partial charge < -0.3 is 20.5 Å². The lowest BCUT2D eigenvalue weighted by molar-refractivity contribution is 0.0697. The number of hydrogen-bond acceptors (Lipinski definition) is 4. The lowest BCUT2D eigenvalue weighted by Gasteiger charge is -2.13. The molecule has 0 bridgehead atoms. The van der Waals surface area contributed by atoms with Crippen LogP contribution in [0.4, 0.5) is 0 Å². The third-order valence-corrected chi connectivity index (χ3v) is 5.53. The number of carbonyl (C=O) groups excluding carboxylic acids is 1. The number of primary amides is 1. The van der Waals surface area contributed by atoms with Crippen molar-refractivity contribution in [3.05, 3.63) is 76.9 Å². The van der Waals surface area contributed by atoms with Crippen molar-refractivity contribution in [1.82, 2.24) is 9.55 Å². The molecule has 1 heterocycles. The van der Waals surface area contributed by atoms with E-state index in [2.05, 4.69) is 11.9 Å². The van der Waals surface area contributed by atoms with Crippen LogP contribution in [0, 0.1) is 0 Å². The largest absolute Gasteiger partial charge is 0.478 e. The number of imidazole rings is 1. The fraction of sp³-hybridized carbons (Fsp3) is 0.320. The Bertz CT molecular complexity index is 1100. The smallest absolute Gasteiger partial charge is 0.336 e. The fourth-order valence-electron chi connectivity index (χ4n) is 3.79. The van der Waals surface area contributed by atoms with Crippen LogP contribution < -0.4 is 5.73 Å². The second-order valence-electron chi connectivity index (χ2n) is 7.79. The minimum absolute atomic E-state index is 0.241. The number of aryl methyl sites for hydroxylation is 1. The van der Waals surface area contributed by atoms with Crippen molar-refractivity contribution in [3.8, 4) is 11.1 Å². The summed E-state index contributed by atoms with van der Waals surface area (Å²) in [6.45, 7) is 4.28. The van der Waals surface area contributed by atoms with Crippen LogP contribution in [-0.4, -0.2) is 31.6 Å². The lowest BCUT2D eigenvalue weighted by Crippen LogP contribution is -2.21. The van der Waals surface area contributed by atoms with E-state index >= 15 is 0 Å². The van der Waals surface area contributed by atoms with Gasteiger partial charge in [0, 0.05) is 13.0 Å². The lowest BCUT2D eigenvalue weighted by atomic mass is 9.98. The highest BCUT2D eigenvalue weighted by atomic mass is 16.4. The van der Waals surface area contributed by atoms with Crippen LogP contribution in [0.5, 0.6) is 0 Å². The number of hydrogen-bond donors (Lipinski definition) is 3. The minimum Gasteiger partial charge on any atom is -0.478 e. The first-order chi connectivity index (χ1) is 15.4. The molecule has 4 N–H and O–H groups in total. The van der Waals surface area contributed by atoms with Gasteiger partial charge in [-0.1, -0.05) is 62.7 Å². The first-order valence-corrected chi connectivity index (χ1v) is 10.9. The zero-order valence-electron chi connectivity index (χ0n) is 18.4. The molecule has 1 aromatic heterocycles. The number of carbonyl (C=O) groups is 2. The standard InChI is InChI=1S/C25H29N3O4/c1-3-5-10-21-27-22(20(29)4-2)23(24(26)30)28(21)15-16-11-13-17(14-12-16)18-8-6-7-9-19(18)25(31)32/h6-9,11-14,20,29H,3-5,10,15H2,1-2H3,(H2,26,30)(H,31,32). The predicted octanol–water partition coefficient (Wildman–Crippen LogP) is 4.18. The van der Waals surface area contributed by atoms with Gasteiger partial charge in [0.25, 0.3) is 5.91 Å². The highest BCUT2D eigenvalue weighted by Crippen LogP contribution is 2.26. The number of nitrogens with zero attached hydrogens (tertiary/aromatic N) is 2. The number of nitrogens with two attached hydrogens (primary N) is 1. The second kappa shape index (κ2) is 10.2. The SMILES string of the molecule is CCCCc1nc(C(O)CC)c(C(N)=O)n1Cc1ccc(-c2ccccc2C(=O)O)cc1. The molecular weight excluding hydrogens is 406 g/mol. The summed E-state index contributed by atoms with van der Waals surface area (Å²) in [5, 5.41) is 19.8. The molecule has 3 aromatic rings. The van der Waals surface area contributed by atoms with Crippen LogP contribution in [-0.2, 0) is 13.0 Å². The average Bonchev–Trinajstić information content (AvgIpc) is 3.15. The molecule has 32 heavy (non-hydrogen) atoms. The molecule has 0 aliphatic rings. The molecule has 0 fully saturated rings. The summed E-state index contributed by atoms with van der Waals surface area (Å²) in [6.07, 6.45) is 2.14. The third-order valence-electron chi connectivity index (χ3n) is 5.53. The molecular formula is C25H29N3O4. The minimum atomic E-state index is -0.975. The van der Waals surface area contributed by atoms with Crippen molar-refractivity contribution >= 4 is 11.9 Å². The van der Waals surface area contributed by atoms with Crippen molar-refractivity contribution in [2.45, 2.75) is 52.2 Å². The molecule has 1 atom stereocenters. The number of aliphatic hydroxyl groups excluding tert-OH is 1. The Morgan fingerprint density at radius 1 is 1.09 bits per heavy atom. The maximum atomic E-state index is 12.3. The number of aromatic carboxylic acids is 1. The Morgan fingerprint density at radius 2 is 1.78 bits per heavy atom. The first-order valence-electron chi connectivity index (χ1n) is 10.9. The zero-order chi connectivity index (χ0) is 23.3. The van der Waals surface area contributed by atoms with Gasteiger partial charge in [-0.3, -0.25) is 4.79 Å². The highest BCUT2D eigenvalue weighted by Gasteiger charge is 2.25. The van der Waals surface area contributed by atoms with E-state index in [4.69, 9.17) is 5.73 Å². The van der Waals surface area contributed by atoms with E-state index in [1.54, 1.807) is 28.8 Å². The van der Waals surface area contributed by atoms with E-state index in [0.29, 0.717) is 30.6 Å². The van der Waals surface area contributed by atoms with Crippen molar-refractivity contribution in [3.63, 3.8) is 0 Å². The summed E-state index contributed by atoms with van der Waals surface area (Å²) in [5.41, 5.74) is 8.85. The monoisotopic (exact) mass is 435 g/mol. The Kier molecular flexibility index (Phi) is 7.43. The number of carboxylic acid groups (broad SMARTS) is 1. The molecule has 1 unspecified atom stereocenters. The zero-order valence-corrected chi connectivity index (χ0v) is 18.4. The van der Waals surface area contributed by atoms with Crippen molar-refractivity contribution < 1.29 is 19.8 Å². The molecule has 0 radical (unpaired) electrons. The maximum absolute atomic E-state index is 12.3. The van der Waals surface area contributed by atoms with Crippen LogP contribution >= 0.6 is 0 Å². The molecule has 1 amide bonds. The molecule has 0 aliphatic carbocycles. The van der Waals surface area contributed by atoms with Crippen LogP contribution in [0.3, 0.4) is 0 Å². The predicted molar refractivity (Wildman–Crippen MR) is 123 cm³/mol. The summed E-state index contributed by atoms with van der Waals surface area (Å²) in [5.74, 6) is -0.866. The third kappa shape index (κ3) is 4.89. The van der Waals surface area contributed by atoms with Crippen LogP contribution in [0.1, 0.15) is 77.1 Å². The summed E-state index contributed by atoms with van der Waals surface area (Å²) in [4.78, 5) is 28.4. The van der Waals surface area contributed by atoms with Gasteiger partial charge in [-0.2, -0.15) is 0 Å². The second-order valence-corrected chi connectivity index (χ2v) is 7.79. The van der Waals surface area contributed by atoms with Crippen molar-refractivity contribution in [2.75, 3.05) is 0 Å². The normalized spacial score (nSPS) is 12.0. The van der Waals surface area contributed by atoms with E-state index in [1.807, 2.05) is 31.2 Å². The van der Waals surface area contributed by atoms with Gasteiger partial charge in [0.2, 0.25) is 0 Å². The molecule has 3 rings (SSSR count). The van der Waals surface area contributed by atoms with Crippen LogP contribution in [0.15, 0.2) is 48.5 Å². The quantitative estimate of drug-likeness (QED) is 0.441. The van der Waals surface area contributed by atoms with E-state index in [1.165, 1.54) is 0 Å². The summed E-state index contributed by atoms with van der Waals surface area (Å²) < 4.78 is 1.80. The van der Waals surface area contributed by atoms with Crippen molar-refractivity contribution in [1.29, 1.82) is 0 Å². The summed E-state index contributed by atoms with van der Waals surface area (Å²) in [6, 6.07) is 14.4. The van der Waals surface area contributed by atoms with Gasteiger partial charge >= 0.3 is 5.97 Å². The fourth-order valence-corrected chi connectivity index (χ4v) is 3.79. The van der Waals surface area contributed by atoms with Gasteiger partial charge in [-0.25, -0.2) is 9.78 Å². The number of aliphatic hydroxyl groups is 1. The average molecular weight is 436 g/mol. The molecule has 0 saturated heterocycles. The van der Waals surface area contributed by atoms with Gasteiger partial charge in [0.15, 0.2) is 0 Å².